The van der Waals surface area contributed by atoms with Crippen LogP contribution in [0.3, 0.4) is 0 Å². The Morgan fingerprint density at radius 1 is 0.939 bits per heavy atom. The van der Waals surface area contributed by atoms with Crippen molar-refractivity contribution in [2.24, 2.45) is 0 Å². The molecular weight excluding hydrogens is 444 g/mol. The molecule has 2 aromatic carbocycles. The molecular formula is C23H26N4O5S. The number of sulfonamides is 1. The molecule has 0 unspecified atom stereocenters. The predicted octanol–water partition coefficient (Wildman–Crippen LogP) is 2.57. The van der Waals surface area contributed by atoms with Crippen LogP contribution >= 0.6 is 0 Å². The van der Waals surface area contributed by atoms with Gasteiger partial charge in [-0.3, -0.25) is 9.59 Å². The average Bonchev–Trinajstić information content (AvgIpc) is 3.05. The number of nitrogens with one attached hydrogen (secondary N) is 2. The zero-order chi connectivity index (χ0) is 24.2. The summed E-state index contributed by atoms with van der Waals surface area (Å²) in [5, 5.41) is 7.17. The Hall–Kier alpha value is -3.50. The fourth-order valence-corrected chi connectivity index (χ4v) is 4.06. The van der Waals surface area contributed by atoms with Gasteiger partial charge in [0.1, 0.15) is 6.54 Å². The van der Waals surface area contributed by atoms with E-state index in [1.54, 1.807) is 23.7 Å². The topological polar surface area (TPSA) is 119 Å². The van der Waals surface area contributed by atoms with E-state index >= 15 is 0 Å². The molecule has 3 rings (SSSR count). The summed E-state index contributed by atoms with van der Waals surface area (Å²) in [5.74, 6) is -1.43. The molecule has 0 saturated carbocycles. The highest BCUT2D eigenvalue weighted by Gasteiger charge is 2.18. The second kappa shape index (κ2) is 9.97. The van der Waals surface area contributed by atoms with Crippen LogP contribution in [0.4, 0.5) is 5.69 Å². The van der Waals surface area contributed by atoms with Crippen LogP contribution in [0.5, 0.6) is 0 Å². The molecule has 0 saturated heterocycles. The fraction of sp³-hybridized carbons (Fsp3) is 0.261. The van der Waals surface area contributed by atoms with E-state index in [0.29, 0.717) is 11.4 Å². The van der Waals surface area contributed by atoms with Gasteiger partial charge in [0.15, 0.2) is 6.61 Å². The number of esters is 1. The maximum absolute atomic E-state index is 12.3. The molecule has 0 atom stereocenters. The molecule has 0 spiro atoms. The molecule has 0 aliphatic heterocycles. The van der Waals surface area contributed by atoms with Crippen molar-refractivity contribution in [3.63, 3.8) is 0 Å². The van der Waals surface area contributed by atoms with E-state index < -0.39 is 35.1 Å². The number of hydrogen-bond donors (Lipinski definition) is 2. The molecule has 0 fully saturated rings. The number of aryl methyl sites for hydroxylation is 3. The number of anilines is 1. The number of rotatable bonds is 8. The summed E-state index contributed by atoms with van der Waals surface area (Å²) in [5.41, 5.74) is 4.75. The van der Waals surface area contributed by atoms with E-state index in [2.05, 4.69) is 15.1 Å². The predicted molar refractivity (Wildman–Crippen MR) is 124 cm³/mol. The smallest absolute Gasteiger partial charge is 0.321 e. The number of ether oxygens (including phenoxy) is 1. The van der Waals surface area contributed by atoms with Gasteiger partial charge in [-0.05, 0) is 52.0 Å². The first kappa shape index (κ1) is 24.1. The Kier molecular flexibility index (Phi) is 7.29. The summed E-state index contributed by atoms with van der Waals surface area (Å²) in [7, 11) is -3.86. The summed E-state index contributed by atoms with van der Waals surface area (Å²) >= 11 is 0. The Balaban J connectivity index is 1.54. The molecule has 1 amide bonds. The van der Waals surface area contributed by atoms with Crippen LogP contribution in [0, 0.1) is 27.7 Å². The van der Waals surface area contributed by atoms with E-state index in [1.807, 2.05) is 45.0 Å². The van der Waals surface area contributed by atoms with Gasteiger partial charge in [0, 0.05) is 0 Å². The van der Waals surface area contributed by atoms with Crippen molar-refractivity contribution in [3.05, 3.63) is 71.0 Å². The second-order valence-electron chi connectivity index (χ2n) is 7.64. The largest absolute Gasteiger partial charge is 0.455 e. The lowest BCUT2D eigenvalue weighted by atomic mass is 10.2. The molecule has 10 heteroatoms. The van der Waals surface area contributed by atoms with Crippen LogP contribution in [-0.4, -0.2) is 43.2 Å². The van der Waals surface area contributed by atoms with Gasteiger partial charge in [0.05, 0.1) is 27.7 Å². The number of aromatic nitrogens is 2. The molecule has 3 aromatic rings. The Morgan fingerprint density at radius 3 is 2.12 bits per heavy atom. The van der Waals surface area contributed by atoms with E-state index in [1.165, 1.54) is 12.1 Å². The van der Waals surface area contributed by atoms with Crippen molar-refractivity contribution in [2.45, 2.75) is 32.6 Å². The van der Waals surface area contributed by atoms with Gasteiger partial charge < -0.3 is 10.1 Å². The quantitative estimate of drug-likeness (QED) is 0.489. The average molecular weight is 471 g/mol. The van der Waals surface area contributed by atoms with Crippen LogP contribution < -0.4 is 10.0 Å². The third-order valence-electron chi connectivity index (χ3n) is 4.94. The van der Waals surface area contributed by atoms with Crippen LogP contribution in [-0.2, 0) is 24.3 Å². The highest BCUT2D eigenvalue weighted by atomic mass is 32.2. The Bertz CT molecular complexity index is 1260. The van der Waals surface area contributed by atoms with Gasteiger partial charge in [-0.15, -0.1) is 0 Å². The van der Waals surface area contributed by atoms with Crippen molar-refractivity contribution >= 4 is 27.6 Å². The second-order valence-corrected chi connectivity index (χ2v) is 9.41. The SMILES string of the molecule is Cc1ccc(-n2nc(C)c(NC(=O)COC(=O)CNS(=O)(=O)c3ccc(C)cc3)c2C)cc1. The lowest BCUT2D eigenvalue weighted by Crippen LogP contribution is -2.32. The standard InChI is InChI=1S/C23H26N4O5S/c1-15-5-9-19(10-6-15)27-18(4)23(17(3)26-27)25-21(28)14-32-22(29)13-24-33(30,31)20-11-7-16(2)8-12-20/h5-12,24H,13-14H2,1-4H3,(H,25,28). The molecule has 1 aromatic heterocycles. The van der Waals surface area contributed by atoms with Crippen molar-refractivity contribution in [1.29, 1.82) is 0 Å². The van der Waals surface area contributed by atoms with Gasteiger partial charge in [0.25, 0.3) is 5.91 Å². The lowest BCUT2D eigenvalue weighted by molar-refractivity contribution is -0.146. The molecule has 0 bridgehead atoms. The molecule has 174 valence electrons. The molecule has 0 aliphatic carbocycles. The molecule has 0 aliphatic rings. The fourth-order valence-electron chi connectivity index (χ4n) is 3.09. The van der Waals surface area contributed by atoms with Gasteiger partial charge in [0.2, 0.25) is 10.0 Å². The number of nitrogens with zero attached hydrogens (tertiary/aromatic N) is 2. The third kappa shape index (κ3) is 6.05. The number of carbonyl (C=O) groups is 2. The monoisotopic (exact) mass is 470 g/mol. The van der Waals surface area contributed by atoms with E-state index in [4.69, 9.17) is 4.74 Å². The number of benzene rings is 2. The lowest BCUT2D eigenvalue weighted by Gasteiger charge is -2.09. The normalized spacial score (nSPS) is 11.3. The maximum Gasteiger partial charge on any atom is 0.321 e. The highest BCUT2D eigenvalue weighted by Crippen LogP contribution is 2.23. The van der Waals surface area contributed by atoms with E-state index in [-0.39, 0.29) is 4.90 Å². The molecule has 33 heavy (non-hydrogen) atoms. The zero-order valence-corrected chi connectivity index (χ0v) is 19.7. The summed E-state index contributed by atoms with van der Waals surface area (Å²) in [6, 6.07) is 14.0. The third-order valence-corrected chi connectivity index (χ3v) is 6.35. The maximum atomic E-state index is 12.3. The molecule has 1 heterocycles. The Labute approximate surface area is 192 Å². The molecule has 9 nitrogen and oxygen atoms in total. The summed E-state index contributed by atoms with van der Waals surface area (Å²) in [6.45, 7) is 6.27. The molecule has 0 radical (unpaired) electrons. The van der Waals surface area contributed by atoms with Crippen LogP contribution in [0.15, 0.2) is 53.4 Å². The van der Waals surface area contributed by atoms with Crippen molar-refractivity contribution in [2.75, 3.05) is 18.5 Å². The first-order chi connectivity index (χ1) is 15.6. The van der Waals surface area contributed by atoms with Crippen molar-refractivity contribution in [3.8, 4) is 5.69 Å². The summed E-state index contributed by atoms with van der Waals surface area (Å²) < 4.78 is 33.3. The number of amides is 1. The summed E-state index contributed by atoms with van der Waals surface area (Å²) in [4.78, 5) is 24.3. The first-order valence-corrected chi connectivity index (χ1v) is 11.7. The van der Waals surface area contributed by atoms with Gasteiger partial charge in [-0.1, -0.05) is 35.4 Å². The van der Waals surface area contributed by atoms with Gasteiger partial charge in [-0.2, -0.15) is 9.82 Å². The minimum absolute atomic E-state index is 0.0372. The van der Waals surface area contributed by atoms with Crippen LogP contribution in [0.1, 0.15) is 22.5 Å². The minimum atomic E-state index is -3.86. The van der Waals surface area contributed by atoms with Gasteiger partial charge >= 0.3 is 5.97 Å². The van der Waals surface area contributed by atoms with Gasteiger partial charge in [-0.25, -0.2) is 13.1 Å². The zero-order valence-electron chi connectivity index (χ0n) is 18.9. The minimum Gasteiger partial charge on any atom is -0.455 e. The number of carbonyl (C=O) groups excluding carboxylic acids is 2. The van der Waals surface area contributed by atoms with Crippen LogP contribution in [0.2, 0.25) is 0 Å². The highest BCUT2D eigenvalue weighted by molar-refractivity contribution is 7.89. The first-order valence-electron chi connectivity index (χ1n) is 10.2. The van der Waals surface area contributed by atoms with Crippen LogP contribution in [0.25, 0.3) is 5.69 Å². The van der Waals surface area contributed by atoms with Crippen molar-refractivity contribution in [1.82, 2.24) is 14.5 Å². The summed E-state index contributed by atoms with van der Waals surface area (Å²) in [6.07, 6.45) is 0. The molecule has 2 N–H and O–H groups in total. The van der Waals surface area contributed by atoms with Crippen molar-refractivity contribution < 1.29 is 22.7 Å². The number of hydrogen-bond acceptors (Lipinski definition) is 6. The Morgan fingerprint density at radius 2 is 1.52 bits per heavy atom. The van der Waals surface area contributed by atoms with E-state index in [9.17, 15) is 18.0 Å². The van der Waals surface area contributed by atoms with E-state index in [0.717, 1.165) is 22.5 Å².